The van der Waals surface area contributed by atoms with E-state index in [1.54, 1.807) is 11.3 Å². The first kappa shape index (κ1) is 5.98. The van der Waals surface area contributed by atoms with E-state index in [0.717, 1.165) is 6.54 Å². The minimum absolute atomic E-state index is 0.979. The number of nitrogens with one attached hydrogen (secondary N) is 1. The lowest BCUT2D eigenvalue weighted by atomic mass is 10.1. The molecule has 1 aromatic rings. The van der Waals surface area contributed by atoms with E-state index in [1.807, 2.05) is 0 Å². The number of hydrogen-bond acceptors (Lipinski definition) is 2. The summed E-state index contributed by atoms with van der Waals surface area (Å²) in [5.41, 5.74) is 2.75. The monoisotopic (exact) mass is 151 g/mol. The Hall–Kier alpha value is -0.760. The average Bonchev–Trinajstić information content (AvgIpc) is 2.34. The summed E-state index contributed by atoms with van der Waals surface area (Å²) in [4.78, 5) is 0. The van der Waals surface area contributed by atoms with Crippen molar-refractivity contribution in [1.29, 1.82) is 0 Å². The van der Waals surface area contributed by atoms with E-state index in [1.165, 1.54) is 16.1 Å². The molecule has 0 unspecified atom stereocenters. The lowest BCUT2D eigenvalue weighted by Crippen LogP contribution is -2.01. The van der Waals surface area contributed by atoms with Gasteiger partial charge in [0.15, 0.2) is 0 Å². The van der Waals surface area contributed by atoms with Crippen molar-refractivity contribution in [2.75, 3.05) is 11.9 Å². The van der Waals surface area contributed by atoms with Crippen molar-refractivity contribution < 1.29 is 0 Å². The summed E-state index contributed by atoms with van der Waals surface area (Å²) in [5, 5.41) is 6.82. The van der Waals surface area contributed by atoms with Gasteiger partial charge in [0, 0.05) is 12.1 Å². The number of thiophene rings is 1. The molecule has 52 valence electrons. The van der Waals surface area contributed by atoms with Crippen LogP contribution in [-0.4, -0.2) is 6.54 Å². The second-order valence-corrected chi connectivity index (χ2v) is 3.32. The van der Waals surface area contributed by atoms with E-state index >= 15 is 0 Å². The Morgan fingerprint density at radius 1 is 1.60 bits per heavy atom. The normalized spacial score (nSPS) is 14.5. The molecule has 0 atom stereocenters. The van der Waals surface area contributed by atoms with Crippen LogP contribution in [0.1, 0.15) is 11.1 Å². The molecule has 1 aliphatic rings. The van der Waals surface area contributed by atoms with Gasteiger partial charge in [-0.25, -0.2) is 0 Å². The SMILES string of the molecule is Cc1csc2c1C=CCN2. The molecule has 0 spiro atoms. The third-order valence-corrected chi connectivity index (χ3v) is 2.76. The first-order valence-electron chi connectivity index (χ1n) is 3.36. The summed E-state index contributed by atoms with van der Waals surface area (Å²) in [6.07, 6.45) is 4.35. The Morgan fingerprint density at radius 3 is 3.30 bits per heavy atom. The van der Waals surface area contributed by atoms with Crippen LogP contribution in [0.25, 0.3) is 6.08 Å². The summed E-state index contributed by atoms with van der Waals surface area (Å²) in [6, 6.07) is 0. The lowest BCUT2D eigenvalue weighted by molar-refractivity contribution is 1.33. The highest BCUT2D eigenvalue weighted by molar-refractivity contribution is 7.14. The molecular formula is C8H9NS. The fourth-order valence-corrected chi connectivity index (χ4v) is 2.07. The molecule has 1 aromatic heterocycles. The van der Waals surface area contributed by atoms with Gasteiger partial charge in [-0.2, -0.15) is 0 Å². The third kappa shape index (κ3) is 0.762. The van der Waals surface area contributed by atoms with Crippen LogP contribution in [0.3, 0.4) is 0 Å². The molecule has 0 radical (unpaired) electrons. The summed E-state index contributed by atoms with van der Waals surface area (Å²) in [6.45, 7) is 3.12. The van der Waals surface area contributed by atoms with Crippen molar-refractivity contribution in [3.63, 3.8) is 0 Å². The Kier molecular flexibility index (Phi) is 1.27. The van der Waals surface area contributed by atoms with Crippen LogP contribution in [-0.2, 0) is 0 Å². The van der Waals surface area contributed by atoms with Gasteiger partial charge in [0.25, 0.3) is 0 Å². The number of rotatable bonds is 0. The van der Waals surface area contributed by atoms with Crippen LogP contribution in [0.4, 0.5) is 5.00 Å². The molecular weight excluding hydrogens is 142 g/mol. The van der Waals surface area contributed by atoms with Crippen LogP contribution >= 0.6 is 11.3 Å². The van der Waals surface area contributed by atoms with Crippen molar-refractivity contribution in [3.8, 4) is 0 Å². The van der Waals surface area contributed by atoms with Crippen molar-refractivity contribution >= 4 is 22.4 Å². The lowest BCUT2D eigenvalue weighted by Gasteiger charge is -2.07. The van der Waals surface area contributed by atoms with Crippen molar-refractivity contribution in [1.82, 2.24) is 0 Å². The van der Waals surface area contributed by atoms with Crippen molar-refractivity contribution in [2.45, 2.75) is 6.92 Å². The van der Waals surface area contributed by atoms with Gasteiger partial charge in [-0.1, -0.05) is 12.2 Å². The Labute approximate surface area is 64.4 Å². The van der Waals surface area contributed by atoms with Gasteiger partial charge < -0.3 is 5.32 Å². The van der Waals surface area contributed by atoms with E-state index in [2.05, 4.69) is 29.8 Å². The maximum Gasteiger partial charge on any atom is 0.0961 e. The molecule has 0 aliphatic carbocycles. The van der Waals surface area contributed by atoms with Gasteiger partial charge in [0.2, 0.25) is 0 Å². The standard InChI is InChI=1S/C8H9NS/c1-6-5-10-8-7(6)3-2-4-9-8/h2-3,5,9H,4H2,1H3. The van der Waals surface area contributed by atoms with Gasteiger partial charge in [-0.3, -0.25) is 0 Å². The summed E-state index contributed by atoms with van der Waals surface area (Å²) >= 11 is 1.79. The highest BCUT2D eigenvalue weighted by Crippen LogP contribution is 2.30. The number of anilines is 1. The summed E-state index contributed by atoms with van der Waals surface area (Å²) in [5.74, 6) is 0. The van der Waals surface area contributed by atoms with Crippen LogP contribution in [0, 0.1) is 6.92 Å². The highest BCUT2D eigenvalue weighted by atomic mass is 32.1. The highest BCUT2D eigenvalue weighted by Gasteiger charge is 2.06. The molecule has 1 aliphatic heterocycles. The summed E-state index contributed by atoms with van der Waals surface area (Å²) < 4.78 is 0. The molecule has 10 heavy (non-hydrogen) atoms. The van der Waals surface area contributed by atoms with Gasteiger partial charge >= 0.3 is 0 Å². The molecule has 0 saturated heterocycles. The van der Waals surface area contributed by atoms with Gasteiger partial charge in [0.1, 0.15) is 0 Å². The quantitative estimate of drug-likeness (QED) is 0.600. The van der Waals surface area contributed by atoms with E-state index in [4.69, 9.17) is 0 Å². The molecule has 2 heteroatoms. The molecule has 0 fully saturated rings. The Balaban J connectivity index is 2.57. The van der Waals surface area contributed by atoms with Crippen molar-refractivity contribution in [2.24, 2.45) is 0 Å². The topological polar surface area (TPSA) is 12.0 Å². The zero-order valence-electron chi connectivity index (χ0n) is 5.85. The molecule has 1 N–H and O–H groups in total. The predicted molar refractivity (Wildman–Crippen MR) is 46.6 cm³/mol. The molecule has 0 aromatic carbocycles. The zero-order chi connectivity index (χ0) is 6.97. The number of fused-ring (bicyclic) bond motifs is 1. The fraction of sp³-hybridized carbons (Fsp3) is 0.250. The molecule has 2 heterocycles. The molecule has 0 bridgehead atoms. The van der Waals surface area contributed by atoms with E-state index in [9.17, 15) is 0 Å². The average molecular weight is 151 g/mol. The van der Waals surface area contributed by atoms with E-state index in [-0.39, 0.29) is 0 Å². The van der Waals surface area contributed by atoms with Crippen molar-refractivity contribution in [3.05, 3.63) is 22.6 Å². The minimum atomic E-state index is 0.979. The molecule has 0 amide bonds. The maximum absolute atomic E-state index is 3.32. The smallest absolute Gasteiger partial charge is 0.0961 e. The van der Waals surface area contributed by atoms with Crippen LogP contribution in [0.2, 0.25) is 0 Å². The maximum atomic E-state index is 3.32. The fourth-order valence-electron chi connectivity index (χ4n) is 1.13. The predicted octanol–water partition coefficient (Wildman–Crippen LogP) is 2.50. The molecule has 1 nitrogen and oxygen atoms in total. The van der Waals surface area contributed by atoms with Gasteiger partial charge in [-0.05, 0) is 17.9 Å². The summed E-state index contributed by atoms with van der Waals surface area (Å²) in [7, 11) is 0. The molecule has 2 rings (SSSR count). The van der Waals surface area contributed by atoms with Crippen LogP contribution in [0.15, 0.2) is 11.5 Å². The van der Waals surface area contributed by atoms with Gasteiger partial charge in [0.05, 0.1) is 5.00 Å². The second-order valence-electron chi connectivity index (χ2n) is 2.44. The first-order valence-corrected chi connectivity index (χ1v) is 4.24. The Bertz CT molecular complexity index is 273. The minimum Gasteiger partial charge on any atom is -0.373 e. The molecule has 0 saturated carbocycles. The largest absolute Gasteiger partial charge is 0.373 e. The number of aryl methyl sites for hydroxylation is 1. The van der Waals surface area contributed by atoms with Gasteiger partial charge in [-0.15, -0.1) is 11.3 Å². The first-order chi connectivity index (χ1) is 4.88. The van der Waals surface area contributed by atoms with E-state index < -0.39 is 0 Å². The van der Waals surface area contributed by atoms with Crippen LogP contribution < -0.4 is 5.32 Å². The van der Waals surface area contributed by atoms with E-state index in [0.29, 0.717) is 0 Å². The zero-order valence-corrected chi connectivity index (χ0v) is 6.66. The number of hydrogen-bond donors (Lipinski definition) is 1. The Morgan fingerprint density at radius 2 is 2.50 bits per heavy atom. The van der Waals surface area contributed by atoms with Crippen LogP contribution in [0.5, 0.6) is 0 Å². The third-order valence-electron chi connectivity index (χ3n) is 1.69. The second kappa shape index (κ2) is 2.13.